The highest BCUT2D eigenvalue weighted by Crippen LogP contribution is 2.47. The fourth-order valence-electron chi connectivity index (χ4n) is 4.34. The molecule has 2 bridgehead atoms. The van der Waals surface area contributed by atoms with Gasteiger partial charge in [-0.05, 0) is 56.3 Å². The van der Waals surface area contributed by atoms with Crippen molar-refractivity contribution in [3.8, 4) is 0 Å². The summed E-state index contributed by atoms with van der Waals surface area (Å²) in [7, 11) is 0. The lowest BCUT2D eigenvalue weighted by Gasteiger charge is -2.41. The minimum atomic E-state index is -0.765. The fourth-order valence-corrected chi connectivity index (χ4v) is 4.34. The van der Waals surface area contributed by atoms with Crippen LogP contribution in [0.5, 0.6) is 0 Å². The first kappa shape index (κ1) is 15.6. The minimum absolute atomic E-state index is 0.264. The van der Waals surface area contributed by atoms with Gasteiger partial charge in [0.25, 0.3) is 0 Å². The third kappa shape index (κ3) is 2.51. The highest BCUT2D eigenvalue weighted by Gasteiger charge is 2.45. The first-order valence-corrected chi connectivity index (χ1v) is 7.79. The molecular formula is C15H20N4O4. The standard InChI is InChI=1S/C15H20N4O4/c1-9-4-11-5-12(6-11)8-15(3,7-9)17-10(2)13(18(20)21)14(16-17)19(22)23/h4,9,12H,5-8H2,1-3H3. The SMILES string of the molecule is Cc1c([N+](=O)[O-])c([N+](=O)[O-])nn1C1(C)CC(C)C=C2CC(C2)C1. The highest BCUT2D eigenvalue weighted by atomic mass is 16.6. The van der Waals surface area contributed by atoms with Gasteiger partial charge in [0.05, 0.1) is 15.6 Å². The van der Waals surface area contributed by atoms with Gasteiger partial charge >= 0.3 is 11.5 Å². The van der Waals surface area contributed by atoms with Crippen molar-refractivity contribution in [2.24, 2.45) is 11.8 Å². The molecule has 2 atom stereocenters. The lowest BCUT2D eigenvalue weighted by atomic mass is 9.67. The van der Waals surface area contributed by atoms with Crippen molar-refractivity contribution >= 4 is 11.5 Å². The topological polar surface area (TPSA) is 104 Å². The van der Waals surface area contributed by atoms with E-state index in [0.717, 1.165) is 25.7 Å². The Morgan fingerprint density at radius 2 is 1.91 bits per heavy atom. The van der Waals surface area contributed by atoms with Crippen LogP contribution < -0.4 is 0 Å². The number of hydrogen-bond donors (Lipinski definition) is 0. The molecule has 0 spiro atoms. The van der Waals surface area contributed by atoms with Crippen LogP contribution >= 0.6 is 0 Å². The van der Waals surface area contributed by atoms with E-state index in [0.29, 0.717) is 11.8 Å². The molecule has 8 nitrogen and oxygen atoms in total. The van der Waals surface area contributed by atoms with Gasteiger partial charge in [0.2, 0.25) is 0 Å². The molecular weight excluding hydrogens is 300 g/mol. The largest absolute Gasteiger partial charge is 0.468 e. The van der Waals surface area contributed by atoms with Gasteiger partial charge in [-0.15, -0.1) is 0 Å². The predicted molar refractivity (Wildman–Crippen MR) is 83.1 cm³/mol. The van der Waals surface area contributed by atoms with E-state index in [1.807, 2.05) is 6.92 Å². The molecule has 124 valence electrons. The molecule has 0 amide bonds. The van der Waals surface area contributed by atoms with Crippen molar-refractivity contribution in [3.05, 3.63) is 37.6 Å². The lowest BCUT2D eigenvalue weighted by molar-refractivity contribution is -0.424. The smallest absolute Gasteiger partial charge is 0.358 e. The molecule has 1 heterocycles. The number of nitrogens with zero attached hydrogens (tertiary/aromatic N) is 4. The van der Waals surface area contributed by atoms with Crippen LogP contribution in [-0.4, -0.2) is 19.6 Å². The maximum Gasteiger partial charge on any atom is 0.468 e. The minimum Gasteiger partial charge on any atom is -0.358 e. The van der Waals surface area contributed by atoms with E-state index in [-0.39, 0.29) is 5.69 Å². The molecule has 0 N–H and O–H groups in total. The van der Waals surface area contributed by atoms with Gasteiger partial charge in [0.1, 0.15) is 5.69 Å². The zero-order valence-electron chi connectivity index (χ0n) is 13.5. The fraction of sp³-hybridized carbons (Fsp3) is 0.667. The average molecular weight is 320 g/mol. The molecule has 3 aliphatic carbocycles. The van der Waals surface area contributed by atoms with Gasteiger partial charge in [-0.1, -0.05) is 18.6 Å². The first-order chi connectivity index (χ1) is 10.7. The number of allylic oxidation sites excluding steroid dienone is 2. The van der Waals surface area contributed by atoms with Crippen LogP contribution in [0.2, 0.25) is 0 Å². The number of hydrogen-bond acceptors (Lipinski definition) is 5. The Bertz CT molecular complexity index is 715. The number of nitro groups is 2. The maximum absolute atomic E-state index is 11.2. The molecule has 0 saturated heterocycles. The Morgan fingerprint density at radius 3 is 2.43 bits per heavy atom. The van der Waals surface area contributed by atoms with E-state index in [9.17, 15) is 20.2 Å². The molecule has 0 radical (unpaired) electrons. The summed E-state index contributed by atoms with van der Waals surface area (Å²) in [6.45, 7) is 5.68. The maximum atomic E-state index is 11.2. The quantitative estimate of drug-likeness (QED) is 0.481. The molecule has 1 aromatic rings. The second-order valence-electron chi connectivity index (χ2n) is 7.17. The summed E-state index contributed by atoms with van der Waals surface area (Å²) in [5, 5.41) is 26.4. The Hall–Kier alpha value is -2.25. The molecule has 0 aliphatic heterocycles. The van der Waals surface area contributed by atoms with Crippen LogP contribution in [0.15, 0.2) is 11.6 Å². The first-order valence-electron chi connectivity index (χ1n) is 7.79. The summed E-state index contributed by atoms with van der Waals surface area (Å²) in [6.07, 6.45) is 6.00. The third-order valence-electron chi connectivity index (χ3n) is 5.05. The van der Waals surface area contributed by atoms with Crippen LogP contribution in [0.1, 0.15) is 45.2 Å². The van der Waals surface area contributed by atoms with Gasteiger partial charge in [-0.25, -0.2) is 0 Å². The van der Waals surface area contributed by atoms with E-state index >= 15 is 0 Å². The zero-order valence-corrected chi connectivity index (χ0v) is 13.5. The van der Waals surface area contributed by atoms with Gasteiger partial charge in [-0.2, -0.15) is 4.68 Å². The summed E-state index contributed by atoms with van der Waals surface area (Å²) in [6, 6.07) is 0. The zero-order chi connectivity index (χ0) is 16.9. The van der Waals surface area contributed by atoms with E-state index < -0.39 is 26.9 Å². The van der Waals surface area contributed by atoms with Crippen molar-refractivity contribution in [2.75, 3.05) is 0 Å². The van der Waals surface area contributed by atoms with Gasteiger partial charge in [0, 0.05) is 0 Å². The van der Waals surface area contributed by atoms with Crippen molar-refractivity contribution in [3.63, 3.8) is 0 Å². The second kappa shape index (κ2) is 5.14. The molecule has 1 aromatic heterocycles. The number of fused-ring (bicyclic) bond motifs is 4. The predicted octanol–water partition coefficient (Wildman–Crippen LogP) is 3.49. The van der Waals surface area contributed by atoms with Crippen LogP contribution in [0.3, 0.4) is 0 Å². The normalized spacial score (nSPS) is 30.0. The third-order valence-corrected chi connectivity index (χ3v) is 5.05. The average Bonchev–Trinajstić information content (AvgIpc) is 2.72. The van der Waals surface area contributed by atoms with E-state index in [1.165, 1.54) is 10.3 Å². The summed E-state index contributed by atoms with van der Waals surface area (Å²) in [5.41, 5.74) is 0.810. The van der Waals surface area contributed by atoms with Crippen LogP contribution in [-0.2, 0) is 5.54 Å². The van der Waals surface area contributed by atoms with E-state index in [4.69, 9.17) is 0 Å². The Kier molecular flexibility index (Phi) is 3.50. The van der Waals surface area contributed by atoms with Crippen LogP contribution in [0, 0.1) is 39.0 Å². The van der Waals surface area contributed by atoms with Gasteiger partial charge in [-0.3, -0.25) is 10.1 Å². The Balaban J connectivity index is 2.09. The molecule has 0 aromatic carbocycles. The molecule has 1 saturated carbocycles. The summed E-state index contributed by atoms with van der Waals surface area (Å²) in [5.74, 6) is 0.187. The highest BCUT2D eigenvalue weighted by molar-refractivity contribution is 5.51. The molecule has 4 rings (SSSR count). The summed E-state index contributed by atoms with van der Waals surface area (Å²) in [4.78, 5) is 20.9. The summed E-state index contributed by atoms with van der Waals surface area (Å²) < 4.78 is 1.54. The van der Waals surface area contributed by atoms with Crippen molar-refractivity contribution < 1.29 is 9.85 Å². The lowest BCUT2D eigenvalue weighted by Crippen LogP contribution is -2.39. The number of aromatic nitrogens is 2. The van der Waals surface area contributed by atoms with Crippen LogP contribution in [0.4, 0.5) is 11.5 Å². The van der Waals surface area contributed by atoms with Gasteiger partial charge in [0.15, 0.2) is 0 Å². The monoisotopic (exact) mass is 320 g/mol. The molecule has 8 heteroatoms. The van der Waals surface area contributed by atoms with Gasteiger partial charge < -0.3 is 10.1 Å². The van der Waals surface area contributed by atoms with Crippen LogP contribution in [0.25, 0.3) is 0 Å². The molecule has 1 fully saturated rings. The molecule has 23 heavy (non-hydrogen) atoms. The Morgan fingerprint density at radius 1 is 1.26 bits per heavy atom. The number of rotatable bonds is 3. The second-order valence-corrected chi connectivity index (χ2v) is 7.17. The van der Waals surface area contributed by atoms with E-state index in [2.05, 4.69) is 18.1 Å². The van der Waals surface area contributed by atoms with Crippen molar-refractivity contribution in [1.82, 2.24) is 9.78 Å². The molecule has 2 unspecified atom stereocenters. The van der Waals surface area contributed by atoms with E-state index in [1.54, 1.807) is 6.92 Å². The Labute approximate surface area is 133 Å². The summed E-state index contributed by atoms with van der Waals surface area (Å²) >= 11 is 0. The molecule has 3 aliphatic rings. The van der Waals surface area contributed by atoms with Crippen molar-refractivity contribution in [2.45, 2.75) is 52.0 Å². The van der Waals surface area contributed by atoms with Crippen molar-refractivity contribution in [1.29, 1.82) is 0 Å².